The van der Waals surface area contributed by atoms with Crippen molar-refractivity contribution in [2.75, 3.05) is 0 Å². The van der Waals surface area contributed by atoms with Gasteiger partial charge < -0.3 is 15.0 Å². The first kappa shape index (κ1) is 11.7. The molecule has 1 atom stereocenters. The van der Waals surface area contributed by atoms with Crippen LogP contribution in [0, 0.1) is 5.41 Å². The summed E-state index contributed by atoms with van der Waals surface area (Å²) >= 11 is 0. The van der Waals surface area contributed by atoms with Crippen molar-refractivity contribution in [2.24, 2.45) is 5.41 Å². The van der Waals surface area contributed by atoms with Crippen LogP contribution in [0.5, 0.6) is 0 Å². The van der Waals surface area contributed by atoms with Gasteiger partial charge >= 0.3 is 5.97 Å². The van der Waals surface area contributed by atoms with E-state index in [2.05, 4.69) is 19.2 Å². The molecule has 2 rings (SSSR count). The molecule has 92 valence electrons. The molecule has 0 radical (unpaired) electrons. The summed E-state index contributed by atoms with van der Waals surface area (Å²) in [6, 6.07) is 3.51. The first-order valence-electron chi connectivity index (χ1n) is 5.58. The van der Waals surface area contributed by atoms with Crippen LogP contribution in [-0.4, -0.2) is 27.6 Å². The van der Waals surface area contributed by atoms with E-state index in [1.165, 1.54) is 4.57 Å². The number of carbonyl (C=O) groups is 2. The summed E-state index contributed by atoms with van der Waals surface area (Å²) < 4.78 is 1.44. The fourth-order valence-electron chi connectivity index (χ4n) is 1.85. The van der Waals surface area contributed by atoms with Gasteiger partial charge in [-0.3, -0.25) is 9.59 Å². The normalized spacial score (nSPS) is 20.9. The summed E-state index contributed by atoms with van der Waals surface area (Å²) in [5.41, 5.74) is 0.565. The van der Waals surface area contributed by atoms with Crippen molar-refractivity contribution >= 4 is 11.9 Å². The fourth-order valence-corrected chi connectivity index (χ4v) is 1.85. The van der Waals surface area contributed by atoms with E-state index in [0.717, 1.165) is 6.42 Å². The Balaban J connectivity index is 2.04. The molecule has 5 heteroatoms. The van der Waals surface area contributed by atoms with Gasteiger partial charge in [0, 0.05) is 12.2 Å². The Morgan fingerprint density at radius 1 is 1.59 bits per heavy atom. The van der Waals surface area contributed by atoms with E-state index in [-0.39, 0.29) is 23.9 Å². The topological polar surface area (TPSA) is 71.3 Å². The lowest BCUT2D eigenvalue weighted by Crippen LogP contribution is -2.30. The lowest BCUT2D eigenvalue weighted by molar-refractivity contribution is -0.137. The summed E-state index contributed by atoms with van der Waals surface area (Å²) in [5.74, 6) is -1.16. The van der Waals surface area contributed by atoms with E-state index in [9.17, 15) is 9.59 Å². The molecule has 1 aromatic heterocycles. The zero-order chi connectivity index (χ0) is 12.6. The highest BCUT2D eigenvalue weighted by atomic mass is 16.4. The highest BCUT2D eigenvalue weighted by Crippen LogP contribution is 2.44. The summed E-state index contributed by atoms with van der Waals surface area (Å²) in [6.07, 6.45) is 2.57. The number of amides is 1. The number of nitrogens with one attached hydrogen (secondary N) is 1. The number of carboxylic acid groups (broad SMARTS) is 1. The first-order chi connectivity index (χ1) is 7.90. The van der Waals surface area contributed by atoms with Gasteiger partial charge in [-0.15, -0.1) is 0 Å². The molecule has 1 aromatic rings. The molecule has 0 saturated heterocycles. The third kappa shape index (κ3) is 2.49. The van der Waals surface area contributed by atoms with E-state index >= 15 is 0 Å². The highest BCUT2D eigenvalue weighted by Gasteiger charge is 2.46. The van der Waals surface area contributed by atoms with E-state index in [0.29, 0.717) is 5.69 Å². The number of aliphatic carboxylic acids is 1. The average Bonchev–Trinajstić information content (AvgIpc) is 2.61. The summed E-state index contributed by atoms with van der Waals surface area (Å²) in [5, 5.41) is 11.6. The van der Waals surface area contributed by atoms with Crippen LogP contribution >= 0.6 is 0 Å². The maximum Gasteiger partial charge on any atom is 0.323 e. The van der Waals surface area contributed by atoms with Gasteiger partial charge in [-0.1, -0.05) is 13.8 Å². The van der Waals surface area contributed by atoms with Crippen molar-refractivity contribution in [3.8, 4) is 0 Å². The van der Waals surface area contributed by atoms with Crippen molar-refractivity contribution in [3.63, 3.8) is 0 Å². The predicted molar refractivity (Wildman–Crippen MR) is 61.7 cm³/mol. The van der Waals surface area contributed by atoms with Gasteiger partial charge in [0.25, 0.3) is 5.91 Å². The van der Waals surface area contributed by atoms with Crippen LogP contribution in [0.4, 0.5) is 0 Å². The van der Waals surface area contributed by atoms with Crippen LogP contribution in [0.1, 0.15) is 30.8 Å². The molecule has 0 aliphatic heterocycles. The Hall–Kier alpha value is -1.78. The van der Waals surface area contributed by atoms with E-state index < -0.39 is 5.97 Å². The monoisotopic (exact) mass is 236 g/mol. The number of rotatable bonds is 4. The maximum absolute atomic E-state index is 11.9. The van der Waals surface area contributed by atoms with Crippen molar-refractivity contribution in [2.45, 2.75) is 32.9 Å². The first-order valence-corrected chi connectivity index (χ1v) is 5.58. The molecular weight excluding hydrogens is 220 g/mol. The van der Waals surface area contributed by atoms with Gasteiger partial charge in [-0.05, 0) is 24.0 Å². The van der Waals surface area contributed by atoms with E-state index in [1.807, 2.05) is 0 Å². The molecule has 17 heavy (non-hydrogen) atoms. The molecule has 1 heterocycles. The van der Waals surface area contributed by atoms with Crippen LogP contribution in [-0.2, 0) is 11.3 Å². The Morgan fingerprint density at radius 2 is 2.24 bits per heavy atom. The van der Waals surface area contributed by atoms with Crippen molar-refractivity contribution in [3.05, 3.63) is 24.0 Å². The second kappa shape index (κ2) is 3.91. The smallest absolute Gasteiger partial charge is 0.323 e. The van der Waals surface area contributed by atoms with Gasteiger partial charge in [-0.2, -0.15) is 0 Å². The van der Waals surface area contributed by atoms with Crippen LogP contribution in [0.15, 0.2) is 18.3 Å². The number of nitrogens with zero attached hydrogens (tertiary/aromatic N) is 1. The molecule has 1 amide bonds. The molecule has 1 aliphatic carbocycles. The third-order valence-electron chi connectivity index (χ3n) is 3.19. The van der Waals surface area contributed by atoms with Crippen LogP contribution in [0.2, 0.25) is 0 Å². The van der Waals surface area contributed by atoms with Crippen molar-refractivity contribution in [1.29, 1.82) is 0 Å². The molecular formula is C12H16N2O3. The minimum absolute atomic E-state index is 0.167. The maximum atomic E-state index is 11.9. The zero-order valence-electron chi connectivity index (χ0n) is 9.93. The Labute approximate surface area is 99.4 Å². The van der Waals surface area contributed by atoms with Gasteiger partial charge in [0.05, 0.1) is 0 Å². The molecule has 0 bridgehead atoms. The van der Waals surface area contributed by atoms with Gasteiger partial charge in [-0.25, -0.2) is 0 Å². The van der Waals surface area contributed by atoms with Gasteiger partial charge in [0.2, 0.25) is 0 Å². The molecule has 5 nitrogen and oxygen atoms in total. The largest absolute Gasteiger partial charge is 0.480 e. The summed E-state index contributed by atoms with van der Waals surface area (Å²) in [7, 11) is 0. The molecule has 0 aromatic carbocycles. The second-order valence-electron chi connectivity index (χ2n) is 5.13. The Kier molecular flexibility index (Phi) is 2.69. The number of hydrogen-bond donors (Lipinski definition) is 2. The molecule has 1 unspecified atom stereocenters. The zero-order valence-corrected chi connectivity index (χ0v) is 9.93. The lowest BCUT2D eigenvalue weighted by atomic mass is 10.2. The van der Waals surface area contributed by atoms with Crippen molar-refractivity contribution < 1.29 is 14.7 Å². The third-order valence-corrected chi connectivity index (χ3v) is 3.19. The van der Waals surface area contributed by atoms with Gasteiger partial charge in [0.15, 0.2) is 0 Å². The van der Waals surface area contributed by atoms with E-state index in [1.54, 1.807) is 18.3 Å². The minimum Gasteiger partial charge on any atom is -0.480 e. The number of hydrogen-bond acceptors (Lipinski definition) is 2. The number of carboxylic acids is 1. The van der Waals surface area contributed by atoms with Gasteiger partial charge in [0.1, 0.15) is 12.2 Å². The lowest BCUT2D eigenvalue weighted by Gasteiger charge is -2.09. The quantitative estimate of drug-likeness (QED) is 0.822. The molecule has 1 saturated carbocycles. The molecule has 2 N–H and O–H groups in total. The standard InChI is InChI=1S/C12H16N2O3/c1-12(2)6-9(12)13-11(17)8-4-3-5-14(8)7-10(15)16/h3-5,9H,6-7H2,1-2H3,(H,13,17)(H,15,16). The average molecular weight is 236 g/mol. The van der Waals surface area contributed by atoms with Crippen LogP contribution < -0.4 is 5.32 Å². The fraction of sp³-hybridized carbons (Fsp3) is 0.500. The Morgan fingerprint density at radius 3 is 2.76 bits per heavy atom. The van der Waals surface area contributed by atoms with Crippen LogP contribution in [0.25, 0.3) is 0 Å². The van der Waals surface area contributed by atoms with Crippen LogP contribution in [0.3, 0.4) is 0 Å². The molecule has 1 fully saturated rings. The van der Waals surface area contributed by atoms with Crippen molar-refractivity contribution in [1.82, 2.24) is 9.88 Å². The Bertz CT molecular complexity index is 462. The molecule has 0 spiro atoms. The summed E-state index contributed by atoms with van der Waals surface area (Å²) in [6.45, 7) is 3.99. The number of aromatic nitrogens is 1. The summed E-state index contributed by atoms with van der Waals surface area (Å²) in [4.78, 5) is 22.5. The minimum atomic E-state index is -0.956. The predicted octanol–water partition coefficient (Wildman–Crippen LogP) is 1.10. The highest BCUT2D eigenvalue weighted by molar-refractivity contribution is 5.93. The molecule has 1 aliphatic rings. The second-order valence-corrected chi connectivity index (χ2v) is 5.13. The number of carbonyl (C=O) groups excluding carboxylic acids is 1. The SMILES string of the molecule is CC1(C)CC1NC(=O)c1cccn1CC(=O)O. The van der Waals surface area contributed by atoms with E-state index in [4.69, 9.17) is 5.11 Å².